The van der Waals surface area contributed by atoms with Crippen molar-refractivity contribution in [3.05, 3.63) is 17.5 Å². The molecule has 1 aromatic rings. The molecule has 6 heteroatoms. The highest BCUT2D eigenvalue weighted by Gasteiger charge is 2.01. The van der Waals surface area contributed by atoms with Crippen LogP contribution in [0.5, 0.6) is 0 Å². The fraction of sp³-hybridized carbons (Fsp3) is 0.750. The van der Waals surface area contributed by atoms with Crippen molar-refractivity contribution in [2.75, 3.05) is 32.7 Å². The molecular weight excluding hydrogens is 294 g/mol. The van der Waals surface area contributed by atoms with Gasteiger partial charge >= 0.3 is 0 Å². The minimum Gasteiger partial charge on any atom is -0.363 e. The summed E-state index contributed by atoms with van der Waals surface area (Å²) in [6.45, 7) is 14.6. The zero-order valence-electron chi connectivity index (χ0n) is 14.5. The summed E-state index contributed by atoms with van der Waals surface area (Å²) in [5.74, 6) is 0. The van der Waals surface area contributed by atoms with Crippen LogP contribution in [0.1, 0.15) is 38.1 Å². The van der Waals surface area contributed by atoms with Gasteiger partial charge in [0.2, 0.25) is 0 Å². The van der Waals surface area contributed by atoms with Crippen molar-refractivity contribution >= 4 is 17.3 Å². The van der Waals surface area contributed by atoms with Crippen molar-refractivity contribution in [2.24, 2.45) is 0 Å². The van der Waals surface area contributed by atoms with E-state index in [0.29, 0.717) is 0 Å². The number of hydrogen-bond donors (Lipinski definition) is 2. The quantitative estimate of drug-likeness (QED) is 0.509. The topological polar surface area (TPSA) is 45.1 Å². The molecule has 0 aliphatic heterocycles. The van der Waals surface area contributed by atoms with E-state index >= 15 is 0 Å². The molecule has 0 radical (unpaired) electrons. The van der Waals surface area contributed by atoms with Crippen LogP contribution in [-0.2, 0) is 6.54 Å². The molecule has 5 nitrogen and oxygen atoms in total. The molecule has 0 bridgehead atoms. The first kappa shape index (κ1) is 18.9. The van der Waals surface area contributed by atoms with Crippen LogP contribution in [0.4, 0.5) is 0 Å². The van der Waals surface area contributed by atoms with E-state index in [1.807, 2.05) is 6.92 Å². The Balaban J connectivity index is 2.05. The van der Waals surface area contributed by atoms with Crippen molar-refractivity contribution in [2.45, 2.75) is 47.1 Å². The van der Waals surface area contributed by atoms with Crippen LogP contribution in [0.2, 0.25) is 0 Å². The van der Waals surface area contributed by atoms with E-state index in [2.05, 4.69) is 52.2 Å². The fourth-order valence-electron chi connectivity index (χ4n) is 2.44. The second kappa shape index (κ2) is 10.6. The fourth-order valence-corrected chi connectivity index (χ4v) is 2.64. The van der Waals surface area contributed by atoms with Gasteiger partial charge in [0.15, 0.2) is 5.11 Å². The number of thiocarbonyl (C=S) groups is 1. The number of nitrogens with one attached hydrogen (secondary N) is 2. The van der Waals surface area contributed by atoms with E-state index in [-0.39, 0.29) is 0 Å². The monoisotopic (exact) mass is 325 g/mol. The lowest BCUT2D eigenvalue weighted by Gasteiger charge is -2.18. The zero-order chi connectivity index (χ0) is 16.4. The molecular formula is C16H31N5S. The lowest BCUT2D eigenvalue weighted by atomic mass is 10.3. The lowest BCUT2D eigenvalue weighted by Crippen LogP contribution is -2.37. The normalized spacial score (nSPS) is 11.0. The van der Waals surface area contributed by atoms with Crippen LogP contribution in [0.15, 0.2) is 6.07 Å². The van der Waals surface area contributed by atoms with E-state index in [1.54, 1.807) is 0 Å². The molecule has 0 fully saturated rings. The Labute approximate surface area is 140 Å². The van der Waals surface area contributed by atoms with Gasteiger partial charge in [0.05, 0.1) is 5.69 Å². The summed E-state index contributed by atoms with van der Waals surface area (Å²) in [4.78, 5) is 2.42. The number of aromatic nitrogens is 2. The first-order chi connectivity index (χ1) is 10.6. The zero-order valence-corrected chi connectivity index (χ0v) is 15.3. The first-order valence-corrected chi connectivity index (χ1v) is 8.72. The highest BCUT2D eigenvalue weighted by Crippen LogP contribution is 2.02. The molecule has 0 aliphatic carbocycles. The van der Waals surface area contributed by atoms with Crippen LogP contribution in [0.25, 0.3) is 0 Å². The standard InChI is InChI=1S/C16H31N5S/c1-5-20(6-2)11-7-9-17-16(22)18-10-8-12-21-15(4)13-14(3)19-21/h13H,5-12H2,1-4H3,(H2,17,18,22). The Morgan fingerprint density at radius 3 is 2.36 bits per heavy atom. The van der Waals surface area contributed by atoms with E-state index in [1.165, 1.54) is 5.69 Å². The minimum atomic E-state index is 0.757. The van der Waals surface area contributed by atoms with Gasteiger partial charge in [-0.25, -0.2) is 0 Å². The molecule has 1 rings (SSSR count). The molecule has 0 aromatic carbocycles. The highest BCUT2D eigenvalue weighted by molar-refractivity contribution is 7.80. The van der Waals surface area contributed by atoms with Crippen molar-refractivity contribution in [3.8, 4) is 0 Å². The summed E-state index contributed by atoms with van der Waals surface area (Å²) >= 11 is 5.29. The molecule has 0 saturated heterocycles. The minimum absolute atomic E-state index is 0.757. The summed E-state index contributed by atoms with van der Waals surface area (Å²) in [6, 6.07) is 2.11. The Kier molecular flexibility index (Phi) is 9.08. The Morgan fingerprint density at radius 1 is 1.18 bits per heavy atom. The van der Waals surface area contributed by atoms with Crippen molar-refractivity contribution in [1.29, 1.82) is 0 Å². The van der Waals surface area contributed by atoms with E-state index < -0.39 is 0 Å². The molecule has 22 heavy (non-hydrogen) atoms. The van der Waals surface area contributed by atoms with Crippen LogP contribution >= 0.6 is 12.2 Å². The van der Waals surface area contributed by atoms with Gasteiger partial charge < -0.3 is 15.5 Å². The summed E-state index contributed by atoms with van der Waals surface area (Å²) in [7, 11) is 0. The van der Waals surface area contributed by atoms with Crippen LogP contribution in [0, 0.1) is 13.8 Å². The number of aryl methyl sites for hydroxylation is 3. The van der Waals surface area contributed by atoms with Crippen LogP contribution in [0.3, 0.4) is 0 Å². The van der Waals surface area contributed by atoms with Gasteiger partial charge in [0, 0.05) is 25.3 Å². The number of hydrogen-bond acceptors (Lipinski definition) is 3. The third kappa shape index (κ3) is 7.22. The molecule has 1 aromatic heterocycles. The second-order valence-corrected chi connectivity index (χ2v) is 5.98. The van der Waals surface area contributed by atoms with Gasteiger partial charge in [-0.3, -0.25) is 4.68 Å². The second-order valence-electron chi connectivity index (χ2n) is 5.57. The molecule has 2 N–H and O–H groups in total. The average molecular weight is 326 g/mol. The predicted molar refractivity (Wildman–Crippen MR) is 97.3 cm³/mol. The molecule has 0 atom stereocenters. The maximum Gasteiger partial charge on any atom is 0.166 e. The third-order valence-electron chi connectivity index (χ3n) is 3.77. The number of nitrogens with zero attached hydrogens (tertiary/aromatic N) is 3. The van der Waals surface area contributed by atoms with Gasteiger partial charge in [-0.05, 0) is 64.6 Å². The predicted octanol–water partition coefficient (Wildman–Crippen LogP) is 2.09. The Bertz CT molecular complexity index is 440. The Hall–Kier alpha value is -1.14. The van der Waals surface area contributed by atoms with Gasteiger partial charge in [-0.2, -0.15) is 5.10 Å². The summed E-state index contributed by atoms with van der Waals surface area (Å²) < 4.78 is 2.05. The highest BCUT2D eigenvalue weighted by atomic mass is 32.1. The number of rotatable bonds is 10. The summed E-state index contributed by atoms with van der Waals surface area (Å²) in [6.07, 6.45) is 2.14. The van der Waals surface area contributed by atoms with Gasteiger partial charge in [-0.15, -0.1) is 0 Å². The molecule has 0 spiro atoms. The molecule has 0 aliphatic rings. The largest absolute Gasteiger partial charge is 0.363 e. The maximum absolute atomic E-state index is 5.29. The van der Waals surface area contributed by atoms with E-state index in [9.17, 15) is 0 Å². The van der Waals surface area contributed by atoms with E-state index in [0.717, 1.165) is 62.9 Å². The average Bonchev–Trinajstić information content (AvgIpc) is 2.82. The molecule has 126 valence electrons. The lowest BCUT2D eigenvalue weighted by molar-refractivity contribution is 0.300. The van der Waals surface area contributed by atoms with Crippen molar-refractivity contribution in [3.63, 3.8) is 0 Å². The smallest absolute Gasteiger partial charge is 0.166 e. The first-order valence-electron chi connectivity index (χ1n) is 8.31. The molecule has 0 amide bonds. The van der Waals surface area contributed by atoms with Gasteiger partial charge in [-0.1, -0.05) is 13.8 Å². The summed E-state index contributed by atoms with van der Waals surface area (Å²) in [5, 5.41) is 11.7. The van der Waals surface area contributed by atoms with E-state index in [4.69, 9.17) is 12.2 Å². The SMILES string of the molecule is CCN(CC)CCCNC(=S)NCCCn1nc(C)cc1C. The molecule has 0 saturated carbocycles. The maximum atomic E-state index is 5.29. The van der Waals surface area contributed by atoms with Gasteiger partial charge in [0.1, 0.15) is 0 Å². The molecule has 1 heterocycles. The van der Waals surface area contributed by atoms with Crippen LogP contribution < -0.4 is 10.6 Å². The molecule has 0 unspecified atom stereocenters. The van der Waals surface area contributed by atoms with Crippen molar-refractivity contribution in [1.82, 2.24) is 25.3 Å². The van der Waals surface area contributed by atoms with Crippen molar-refractivity contribution < 1.29 is 0 Å². The Morgan fingerprint density at radius 2 is 1.82 bits per heavy atom. The van der Waals surface area contributed by atoms with Crippen LogP contribution in [-0.4, -0.2) is 52.5 Å². The summed E-state index contributed by atoms with van der Waals surface area (Å²) in [5.41, 5.74) is 2.30. The third-order valence-corrected chi connectivity index (χ3v) is 4.06. The van der Waals surface area contributed by atoms with Gasteiger partial charge in [0.25, 0.3) is 0 Å².